The van der Waals surface area contributed by atoms with E-state index in [0.29, 0.717) is 0 Å². The Bertz CT molecular complexity index is 213. The zero-order valence-electron chi connectivity index (χ0n) is 7.57. The summed E-state index contributed by atoms with van der Waals surface area (Å²) in [5, 5.41) is 30.4. The number of aliphatic carboxylic acids is 2. The fourth-order valence-electron chi connectivity index (χ4n) is 1.23. The van der Waals surface area contributed by atoms with Crippen molar-refractivity contribution in [3.05, 3.63) is 0 Å². The molecule has 0 heterocycles. The fraction of sp³-hybridized carbons (Fsp3) is 0.750. The Hall–Kier alpha value is -1.10. The predicted molar refractivity (Wildman–Crippen MR) is 39.0 cm³/mol. The van der Waals surface area contributed by atoms with Crippen LogP contribution in [0.4, 0.5) is 0 Å². The Morgan fingerprint density at radius 2 is 1.85 bits per heavy atom. The highest BCUT2D eigenvalue weighted by Gasteiger charge is 2.36. The second-order valence-electron chi connectivity index (χ2n) is 2.85. The number of hydrogen-bond donors (Lipinski definition) is 1. The lowest BCUT2D eigenvalue weighted by Gasteiger charge is -2.36. The lowest BCUT2D eigenvalue weighted by atomic mass is 9.83. The van der Waals surface area contributed by atoms with E-state index in [1.165, 1.54) is 13.8 Å². The highest BCUT2D eigenvalue weighted by Crippen LogP contribution is 2.23. The van der Waals surface area contributed by atoms with Gasteiger partial charge in [-0.15, -0.1) is 0 Å². The molecule has 0 rings (SSSR count). The molecule has 0 aromatic heterocycles. The molecule has 13 heavy (non-hydrogen) atoms. The van der Waals surface area contributed by atoms with Crippen LogP contribution in [0.5, 0.6) is 0 Å². The van der Waals surface area contributed by atoms with Crippen LogP contribution in [-0.2, 0) is 9.59 Å². The van der Waals surface area contributed by atoms with Gasteiger partial charge in [0.05, 0.1) is 5.97 Å². The maximum atomic E-state index is 10.5. The van der Waals surface area contributed by atoms with Crippen molar-refractivity contribution in [2.24, 2.45) is 5.92 Å². The lowest BCUT2D eigenvalue weighted by Crippen LogP contribution is -2.57. The van der Waals surface area contributed by atoms with Crippen molar-refractivity contribution < 1.29 is 24.9 Å². The smallest absolute Gasteiger partial charge is 0.112 e. The van der Waals surface area contributed by atoms with Gasteiger partial charge >= 0.3 is 0 Å². The molecule has 0 aromatic rings. The minimum Gasteiger partial charge on any atom is -0.550 e. The molecule has 0 fully saturated rings. The largest absolute Gasteiger partial charge is 0.550 e. The van der Waals surface area contributed by atoms with Gasteiger partial charge in [-0.05, 0) is 12.8 Å². The van der Waals surface area contributed by atoms with E-state index in [2.05, 4.69) is 0 Å². The highest BCUT2D eigenvalue weighted by atomic mass is 16.4. The van der Waals surface area contributed by atoms with Crippen molar-refractivity contribution in [3.8, 4) is 0 Å². The molecule has 0 bridgehead atoms. The Labute approximate surface area is 76.0 Å². The quantitative estimate of drug-likeness (QED) is 0.520. The van der Waals surface area contributed by atoms with E-state index < -0.39 is 23.5 Å². The molecule has 5 nitrogen and oxygen atoms in total. The number of rotatable bonds is 5. The summed E-state index contributed by atoms with van der Waals surface area (Å²) < 4.78 is 0. The maximum Gasteiger partial charge on any atom is 0.112 e. The second-order valence-corrected chi connectivity index (χ2v) is 2.85. The van der Waals surface area contributed by atoms with Gasteiger partial charge in [0.25, 0.3) is 0 Å². The van der Waals surface area contributed by atoms with E-state index in [9.17, 15) is 24.9 Å². The molecule has 5 heteroatoms. The first-order chi connectivity index (χ1) is 5.90. The molecule has 2 unspecified atom stereocenters. The topological polar surface area (TPSA) is 100 Å². The van der Waals surface area contributed by atoms with Gasteiger partial charge in [-0.1, -0.05) is 13.8 Å². The average molecular weight is 188 g/mol. The van der Waals surface area contributed by atoms with E-state index in [-0.39, 0.29) is 12.8 Å². The third kappa shape index (κ3) is 2.18. The SMILES string of the molecule is CCC(C(=O)[O-])C(O)(CC)C(=O)[O-]. The third-order valence-electron chi connectivity index (χ3n) is 2.16. The van der Waals surface area contributed by atoms with E-state index >= 15 is 0 Å². The molecule has 0 spiro atoms. The van der Waals surface area contributed by atoms with Gasteiger partial charge in [-0.3, -0.25) is 0 Å². The standard InChI is InChI=1S/C8H14O5/c1-3-5(6(9)10)8(13,4-2)7(11)12/h5,13H,3-4H2,1-2H3,(H,9,10)(H,11,12)/p-2. The van der Waals surface area contributed by atoms with E-state index in [0.717, 1.165) is 0 Å². The monoisotopic (exact) mass is 188 g/mol. The molecule has 0 aliphatic heterocycles. The van der Waals surface area contributed by atoms with Crippen LogP contribution in [0.2, 0.25) is 0 Å². The molecular weight excluding hydrogens is 176 g/mol. The van der Waals surface area contributed by atoms with Crippen LogP contribution in [0.15, 0.2) is 0 Å². The number of carboxylic acid groups (broad SMARTS) is 2. The molecule has 0 aliphatic carbocycles. The molecule has 0 aliphatic rings. The summed E-state index contributed by atoms with van der Waals surface area (Å²) in [6.07, 6.45) is -0.234. The van der Waals surface area contributed by atoms with Crippen LogP contribution in [0.25, 0.3) is 0 Å². The van der Waals surface area contributed by atoms with Crippen LogP contribution in [0.1, 0.15) is 26.7 Å². The molecule has 1 N–H and O–H groups in total. The summed E-state index contributed by atoms with van der Waals surface area (Å²) in [6, 6.07) is 0. The van der Waals surface area contributed by atoms with Gasteiger partial charge < -0.3 is 24.9 Å². The molecule has 0 radical (unpaired) electrons. The van der Waals surface area contributed by atoms with Crippen LogP contribution < -0.4 is 10.2 Å². The summed E-state index contributed by atoms with van der Waals surface area (Å²) in [7, 11) is 0. The normalized spacial score (nSPS) is 17.5. The van der Waals surface area contributed by atoms with Crippen molar-refractivity contribution in [3.63, 3.8) is 0 Å². The van der Waals surface area contributed by atoms with E-state index in [4.69, 9.17) is 0 Å². The molecular formula is C8H12O5-2. The van der Waals surface area contributed by atoms with Gasteiger partial charge in [-0.2, -0.15) is 0 Å². The summed E-state index contributed by atoms with van der Waals surface area (Å²) in [5.74, 6) is -4.77. The first kappa shape index (κ1) is 11.9. The molecule has 76 valence electrons. The van der Waals surface area contributed by atoms with Gasteiger partial charge in [0, 0.05) is 11.9 Å². The molecule has 0 aromatic carbocycles. The Morgan fingerprint density at radius 1 is 1.38 bits per heavy atom. The maximum absolute atomic E-state index is 10.5. The number of carboxylic acids is 2. The molecule has 0 amide bonds. The number of aliphatic hydroxyl groups is 1. The Kier molecular flexibility index (Phi) is 3.87. The van der Waals surface area contributed by atoms with Gasteiger partial charge in [0.2, 0.25) is 0 Å². The zero-order chi connectivity index (χ0) is 10.6. The predicted octanol–water partition coefficient (Wildman–Crippen LogP) is -2.35. The van der Waals surface area contributed by atoms with Crippen molar-refractivity contribution in [2.45, 2.75) is 32.3 Å². The number of carbonyl (C=O) groups is 2. The minimum absolute atomic E-state index is 0.0132. The molecule has 0 saturated carbocycles. The number of hydrogen-bond acceptors (Lipinski definition) is 5. The fourth-order valence-corrected chi connectivity index (χ4v) is 1.23. The zero-order valence-corrected chi connectivity index (χ0v) is 7.57. The first-order valence-electron chi connectivity index (χ1n) is 4.04. The van der Waals surface area contributed by atoms with Crippen molar-refractivity contribution in [1.29, 1.82) is 0 Å². The molecule has 2 atom stereocenters. The van der Waals surface area contributed by atoms with Gasteiger partial charge in [0.1, 0.15) is 5.60 Å². The summed E-state index contributed by atoms with van der Waals surface area (Å²) in [5.41, 5.74) is -2.33. The van der Waals surface area contributed by atoms with Gasteiger partial charge in [0.15, 0.2) is 0 Å². The van der Waals surface area contributed by atoms with Crippen molar-refractivity contribution in [1.82, 2.24) is 0 Å². The Balaban J connectivity index is 4.91. The lowest BCUT2D eigenvalue weighted by molar-refractivity contribution is -0.341. The minimum atomic E-state index is -2.33. The third-order valence-corrected chi connectivity index (χ3v) is 2.16. The van der Waals surface area contributed by atoms with Crippen LogP contribution in [0.3, 0.4) is 0 Å². The molecule has 0 saturated heterocycles. The Morgan fingerprint density at radius 3 is 1.92 bits per heavy atom. The second kappa shape index (κ2) is 4.23. The summed E-state index contributed by atoms with van der Waals surface area (Å²) >= 11 is 0. The van der Waals surface area contributed by atoms with Crippen LogP contribution in [-0.4, -0.2) is 22.6 Å². The summed E-state index contributed by atoms with van der Waals surface area (Å²) in [4.78, 5) is 21.0. The van der Waals surface area contributed by atoms with E-state index in [1.54, 1.807) is 0 Å². The van der Waals surface area contributed by atoms with Crippen molar-refractivity contribution in [2.75, 3.05) is 0 Å². The highest BCUT2D eigenvalue weighted by molar-refractivity contribution is 5.83. The van der Waals surface area contributed by atoms with E-state index in [1.807, 2.05) is 0 Å². The van der Waals surface area contributed by atoms with Crippen LogP contribution >= 0.6 is 0 Å². The summed E-state index contributed by atoms with van der Waals surface area (Å²) in [6.45, 7) is 2.84. The number of carbonyl (C=O) groups excluding carboxylic acids is 2. The van der Waals surface area contributed by atoms with Crippen LogP contribution in [0, 0.1) is 5.92 Å². The van der Waals surface area contributed by atoms with Gasteiger partial charge in [-0.25, -0.2) is 0 Å². The average Bonchev–Trinajstić information content (AvgIpc) is 2.04. The van der Waals surface area contributed by atoms with Crippen molar-refractivity contribution >= 4 is 11.9 Å². The first-order valence-corrected chi connectivity index (χ1v) is 4.04.